The number of aliphatic hydroxyl groups is 1. The molecule has 0 radical (unpaired) electrons. The highest BCUT2D eigenvalue weighted by molar-refractivity contribution is 5.47. The van der Waals surface area contributed by atoms with Crippen molar-refractivity contribution in [3.05, 3.63) is 33.1 Å². The van der Waals surface area contributed by atoms with Crippen LogP contribution in [0.5, 0.6) is 0 Å². The third-order valence-corrected chi connectivity index (χ3v) is 4.39. The molecule has 6 heteroatoms. The monoisotopic (exact) mass is 295 g/mol. The van der Waals surface area contributed by atoms with Gasteiger partial charge in [-0.3, -0.25) is 15.1 Å². The minimum absolute atomic E-state index is 0.132. The molecule has 0 aliphatic rings. The van der Waals surface area contributed by atoms with Crippen LogP contribution in [0.2, 0.25) is 0 Å². The molecule has 0 unspecified atom stereocenters. The molecular weight excluding hydrogens is 270 g/mol. The van der Waals surface area contributed by atoms with Gasteiger partial charge in [-0.15, -0.1) is 0 Å². The van der Waals surface area contributed by atoms with Crippen molar-refractivity contribution in [3.8, 4) is 0 Å². The highest BCUT2D eigenvalue weighted by Gasteiger charge is 2.25. The molecule has 1 rings (SSSR count). The molecule has 6 nitrogen and oxygen atoms in total. The lowest BCUT2D eigenvalue weighted by atomic mass is 9.83. The molecule has 0 saturated carbocycles. The third-order valence-electron chi connectivity index (χ3n) is 4.39. The Hall–Kier alpha value is -1.53. The smallest absolute Gasteiger partial charge is 0.278 e. The highest BCUT2D eigenvalue weighted by atomic mass is 16.6. The molecule has 0 atom stereocenters. The normalized spacial score (nSPS) is 11.7. The summed E-state index contributed by atoms with van der Waals surface area (Å²) in [6, 6.07) is 0. The van der Waals surface area contributed by atoms with E-state index in [1.54, 1.807) is 20.0 Å². The van der Waals surface area contributed by atoms with E-state index in [2.05, 4.69) is 24.1 Å². The molecule has 0 aliphatic heterocycles. The van der Waals surface area contributed by atoms with E-state index >= 15 is 0 Å². The maximum Gasteiger partial charge on any atom is 0.278 e. The van der Waals surface area contributed by atoms with Crippen LogP contribution in [0, 0.1) is 29.4 Å². The third kappa shape index (κ3) is 3.98. The van der Waals surface area contributed by atoms with Crippen LogP contribution in [0.1, 0.15) is 43.5 Å². The lowest BCUT2D eigenvalue weighted by Gasteiger charge is -2.29. The van der Waals surface area contributed by atoms with Crippen LogP contribution >= 0.6 is 0 Å². The zero-order chi connectivity index (χ0) is 16.0. The number of aryl methyl sites for hydroxylation is 1. The number of rotatable bonds is 8. The Bertz CT molecular complexity index is 491. The topological polar surface area (TPSA) is 88.3 Å². The van der Waals surface area contributed by atoms with Crippen molar-refractivity contribution in [1.29, 1.82) is 0 Å². The molecule has 0 amide bonds. The maximum atomic E-state index is 11.1. The van der Waals surface area contributed by atoms with Gasteiger partial charge in [-0.05, 0) is 26.7 Å². The zero-order valence-corrected chi connectivity index (χ0v) is 13.3. The van der Waals surface area contributed by atoms with Gasteiger partial charge in [-0.25, -0.2) is 0 Å². The summed E-state index contributed by atoms with van der Waals surface area (Å²) < 4.78 is 0. The SMILES string of the molecule is CCC(CC)(CO)CNCc1ncc(C)c([N+](=O)[O-])c1C. The molecule has 0 saturated heterocycles. The van der Waals surface area contributed by atoms with Crippen LogP contribution < -0.4 is 5.32 Å². The Labute approximate surface area is 125 Å². The van der Waals surface area contributed by atoms with E-state index in [4.69, 9.17) is 0 Å². The molecule has 0 aromatic carbocycles. The summed E-state index contributed by atoms with van der Waals surface area (Å²) in [6.07, 6.45) is 3.31. The Morgan fingerprint density at radius 3 is 2.48 bits per heavy atom. The average Bonchev–Trinajstić information content (AvgIpc) is 2.46. The first-order valence-electron chi connectivity index (χ1n) is 7.31. The Kier molecular flexibility index (Phi) is 6.23. The van der Waals surface area contributed by atoms with E-state index in [1.165, 1.54) is 0 Å². The van der Waals surface area contributed by atoms with E-state index in [-0.39, 0.29) is 22.6 Å². The fourth-order valence-electron chi connectivity index (χ4n) is 2.45. The zero-order valence-electron chi connectivity index (χ0n) is 13.3. The maximum absolute atomic E-state index is 11.1. The van der Waals surface area contributed by atoms with Crippen molar-refractivity contribution < 1.29 is 10.0 Å². The minimum atomic E-state index is -0.355. The molecule has 0 spiro atoms. The number of aromatic nitrogens is 1. The number of aliphatic hydroxyl groups excluding tert-OH is 1. The number of nitrogens with zero attached hydrogens (tertiary/aromatic N) is 2. The summed E-state index contributed by atoms with van der Waals surface area (Å²) in [6.45, 7) is 8.80. The molecule has 21 heavy (non-hydrogen) atoms. The molecule has 0 bridgehead atoms. The van der Waals surface area contributed by atoms with Gasteiger partial charge in [-0.1, -0.05) is 13.8 Å². The van der Waals surface area contributed by atoms with E-state index in [0.717, 1.165) is 12.8 Å². The molecule has 118 valence electrons. The van der Waals surface area contributed by atoms with E-state index in [0.29, 0.717) is 29.9 Å². The van der Waals surface area contributed by atoms with Crippen molar-refractivity contribution >= 4 is 5.69 Å². The largest absolute Gasteiger partial charge is 0.396 e. The van der Waals surface area contributed by atoms with E-state index in [9.17, 15) is 15.2 Å². The fraction of sp³-hybridized carbons (Fsp3) is 0.667. The van der Waals surface area contributed by atoms with Crippen molar-refractivity contribution in [3.63, 3.8) is 0 Å². The van der Waals surface area contributed by atoms with Crippen LogP contribution in [-0.2, 0) is 6.54 Å². The first-order chi connectivity index (χ1) is 9.90. The second kappa shape index (κ2) is 7.47. The molecule has 0 fully saturated rings. The van der Waals surface area contributed by atoms with Crippen molar-refractivity contribution in [2.24, 2.45) is 5.41 Å². The number of hydrogen-bond donors (Lipinski definition) is 2. The Balaban J connectivity index is 2.81. The van der Waals surface area contributed by atoms with Crippen LogP contribution in [0.4, 0.5) is 5.69 Å². The van der Waals surface area contributed by atoms with Gasteiger partial charge < -0.3 is 10.4 Å². The second-order valence-electron chi connectivity index (χ2n) is 5.59. The summed E-state index contributed by atoms with van der Waals surface area (Å²) in [5.74, 6) is 0. The van der Waals surface area contributed by atoms with Crippen molar-refractivity contribution in [2.75, 3.05) is 13.2 Å². The first-order valence-corrected chi connectivity index (χ1v) is 7.31. The summed E-state index contributed by atoms with van der Waals surface area (Å²) in [7, 11) is 0. The second-order valence-corrected chi connectivity index (χ2v) is 5.59. The molecule has 1 heterocycles. The summed E-state index contributed by atoms with van der Waals surface area (Å²) in [5, 5.41) is 23.9. The number of nitro groups is 1. The van der Waals surface area contributed by atoms with Crippen LogP contribution in [-0.4, -0.2) is 28.2 Å². The number of pyridine rings is 1. The number of nitrogens with one attached hydrogen (secondary N) is 1. The molecule has 0 aliphatic carbocycles. The van der Waals surface area contributed by atoms with Crippen LogP contribution in [0.25, 0.3) is 0 Å². The molecular formula is C15H25N3O3. The number of hydrogen-bond acceptors (Lipinski definition) is 5. The average molecular weight is 295 g/mol. The Morgan fingerprint density at radius 1 is 1.38 bits per heavy atom. The van der Waals surface area contributed by atoms with Crippen molar-refractivity contribution in [1.82, 2.24) is 10.3 Å². The van der Waals surface area contributed by atoms with Gasteiger partial charge in [0.05, 0.1) is 10.6 Å². The summed E-state index contributed by atoms with van der Waals surface area (Å²) >= 11 is 0. The quantitative estimate of drug-likeness (QED) is 0.568. The summed E-state index contributed by atoms with van der Waals surface area (Å²) in [5.41, 5.74) is 1.88. The van der Waals surface area contributed by atoms with E-state index < -0.39 is 0 Å². The predicted octanol–water partition coefficient (Wildman–Crippen LogP) is 2.49. The lowest BCUT2D eigenvalue weighted by molar-refractivity contribution is -0.386. The lowest BCUT2D eigenvalue weighted by Crippen LogP contribution is -2.36. The van der Waals surface area contributed by atoms with Gasteiger partial charge in [0.1, 0.15) is 0 Å². The Morgan fingerprint density at radius 2 is 2.00 bits per heavy atom. The highest BCUT2D eigenvalue weighted by Crippen LogP contribution is 2.26. The van der Waals surface area contributed by atoms with Gasteiger partial charge in [-0.2, -0.15) is 0 Å². The van der Waals surface area contributed by atoms with Gasteiger partial charge in [0, 0.05) is 42.4 Å². The molecule has 1 aromatic rings. The van der Waals surface area contributed by atoms with Crippen LogP contribution in [0.15, 0.2) is 6.20 Å². The first kappa shape index (κ1) is 17.5. The predicted molar refractivity (Wildman–Crippen MR) is 82.2 cm³/mol. The minimum Gasteiger partial charge on any atom is -0.396 e. The fourth-order valence-corrected chi connectivity index (χ4v) is 2.45. The van der Waals surface area contributed by atoms with Crippen LogP contribution in [0.3, 0.4) is 0 Å². The van der Waals surface area contributed by atoms with Crippen molar-refractivity contribution in [2.45, 2.75) is 47.1 Å². The summed E-state index contributed by atoms with van der Waals surface area (Å²) in [4.78, 5) is 15.0. The van der Waals surface area contributed by atoms with Gasteiger partial charge in [0.25, 0.3) is 5.69 Å². The van der Waals surface area contributed by atoms with Gasteiger partial charge >= 0.3 is 0 Å². The van der Waals surface area contributed by atoms with Gasteiger partial charge in [0.15, 0.2) is 0 Å². The molecule has 1 aromatic heterocycles. The van der Waals surface area contributed by atoms with E-state index in [1.807, 2.05) is 0 Å². The molecule has 2 N–H and O–H groups in total. The van der Waals surface area contributed by atoms with Gasteiger partial charge in [0.2, 0.25) is 0 Å². The standard InChI is InChI=1S/C15H25N3O3/c1-5-15(6-2,10-19)9-16-8-13-12(4)14(18(20)21)11(3)7-17-13/h7,16,19H,5-6,8-10H2,1-4H3.